The van der Waals surface area contributed by atoms with Gasteiger partial charge in [-0.3, -0.25) is 0 Å². The lowest BCUT2D eigenvalue weighted by Crippen LogP contribution is -2.67. The van der Waals surface area contributed by atoms with Crippen LogP contribution < -0.4 is 0 Å². The Kier molecular flexibility index (Phi) is 9.43. The predicted molar refractivity (Wildman–Crippen MR) is 119 cm³/mol. The van der Waals surface area contributed by atoms with Crippen LogP contribution in [0, 0.1) is 6.57 Å². The van der Waals surface area contributed by atoms with E-state index in [9.17, 15) is 0 Å². The van der Waals surface area contributed by atoms with E-state index in [4.69, 9.17) is 23.0 Å². The quantitative estimate of drug-likeness (QED) is 0.333. The molecule has 0 aromatic carbocycles. The molecule has 5 nitrogen and oxygen atoms in total. The summed E-state index contributed by atoms with van der Waals surface area (Å²) in [5.74, 6) is 0. The van der Waals surface area contributed by atoms with Crippen molar-refractivity contribution in [2.45, 2.75) is 96.8 Å². The molecule has 2 atom stereocenters. The van der Waals surface area contributed by atoms with Crippen LogP contribution in [0.3, 0.4) is 0 Å². The molecule has 0 saturated carbocycles. The van der Waals surface area contributed by atoms with Gasteiger partial charge in [-0.2, -0.15) is 0 Å². The van der Waals surface area contributed by atoms with Crippen molar-refractivity contribution < 1.29 is 16.5 Å². The van der Waals surface area contributed by atoms with Crippen LogP contribution in [0.5, 0.6) is 0 Å². The zero-order valence-corrected chi connectivity index (χ0v) is 22.0. The molecule has 1 heterocycles. The fraction of sp³-hybridized carbons (Fsp3) is 0.941. The number of rotatable bonds is 9. The van der Waals surface area contributed by atoms with E-state index in [0.29, 0.717) is 6.54 Å². The highest BCUT2D eigenvalue weighted by atomic mass is 28.5. The lowest BCUT2D eigenvalue weighted by Gasteiger charge is -2.50. The van der Waals surface area contributed by atoms with Gasteiger partial charge in [0.05, 0.1) is 0 Å². The molecule has 0 amide bonds. The first-order chi connectivity index (χ1) is 12.1. The zero-order chi connectivity index (χ0) is 19.9. The summed E-state index contributed by atoms with van der Waals surface area (Å²) in [5.41, 5.74) is 0. The van der Waals surface area contributed by atoms with Crippen LogP contribution in [0.4, 0.5) is 0 Å². The van der Waals surface area contributed by atoms with Gasteiger partial charge in [0.25, 0.3) is 13.1 Å². The SMILES string of the molecule is C#[N+]CCC[Si]1(C)O[Si](C)(CCC)O[Si](C)(CCC)O[Si](C)(CCC)O1. The first-order valence-electron chi connectivity index (χ1n) is 10.2. The summed E-state index contributed by atoms with van der Waals surface area (Å²) in [5, 5.41) is 0. The van der Waals surface area contributed by atoms with Crippen molar-refractivity contribution >= 4 is 34.2 Å². The molecule has 1 rings (SSSR count). The minimum absolute atomic E-state index is 0.650. The van der Waals surface area contributed by atoms with Crippen LogP contribution in [0.15, 0.2) is 0 Å². The summed E-state index contributed by atoms with van der Waals surface area (Å²) in [7, 11) is -9.39. The highest BCUT2D eigenvalue weighted by molar-refractivity contribution is 6.93. The second kappa shape index (κ2) is 10.1. The Bertz CT molecular complexity index is 466. The Balaban J connectivity index is 3.22. The fourth-order valence-electron chi connectivity index (χ4n) is 4.17. The van der Waals surface area contributed by atoms with E-state index in [-0.39, 0.29) is 0 Å². The van der Waals surface area contributed by atoms with Crippen molar-refractivity contribution in [3.63, 3.8) is 0 Å². The Morgan fingerprint density at radius 2 is 0.923 bits per heavy atom. The Hall–Kier alpha value is 0.198. The summed E-state index contributed by atoms with van der Waals surface area (Å²) in [6.45, 7) is 21.5. The van der Waals surface area contributed by atoms with Crippen molar-refractivity contribution in [3.8, 4) is 6.57 Å². The monoisotopic (exact) mass is 434 g/mol. The van der Waals surface area contributed by atoms with E-state index in [1.54, 1.807) is 0 Å². The average molecular weight is 435 g/mol. The number of hydrogen-bond donors (Lipinski definition) is 0. The minimum Gasteiger partial charge on any atom is -0.416 e. The largest absolute Gasteiger partial charge is 0.416 e. The smallest absolute Gasteiger partial charge is 0.317 e. The molecule has 1 aliphatic rings. The van der Waals surface area contributed by atoms with Crippen molar-refractivity contribution in [2.24, 2.45) is 0 Å². The van der Waals surface area contributed by atoms with Crippen LogP contribution in [-0.4, -0.2) is 40.8 Å². The summed E-state index contributed by atoms with van der Waals surface area (Å²) in [6, 6.07) is 3.87. The molecule has 0 N–H and O–H groups in total. The van der Waals surface area contributed by atoms with Gasteiger partial charge in [0.1, 0.15) is 0 Å². The minimum atomic E-state index is -2.41. The maximum Gasteiger partial charge on any atom is 0.317 e. The Labute approximate surface area is 165 Å². The zero-order valence-electron chi connectivity index (χ0n) is 18.0. The molecule has 1 saturated heterocycles. The molecular weight excluding hydrogens is 395 g/mol. The molecular formula is C17H40NO4Si4+. The average Bonchev–Trinajstić information content (AvgIpc) is 2.45. The van der Waals surface area contributed by atoms with E-state index < -0.39 is 34.2 Å². The fourth-order valence-corrected chi connectivity index (χ4v) is 27.7. The Morgan fingerprint density at radius 3 is 1.19 bits per heavy atom. The topological polar surface area (TPSA) is 41.3 Å². The third-order valence-corrected chi connectivity index (χ3v) is 24.1. The van der Waals surface area contributed by atoms with Crippen molar-refractivity contribution in [3.05, 3.63) is 4.85 Å². The molecule has 0 radical (unpaired) electrons. The third kappa shape index (κ3) is 7.31. The van der Waals surface area contributed by atoms with Crippen LogP contribution >= 0.6 is 0 Å². The van der Waals surface area contributed by atoms with Gasteiger partial charge < -0.3 is 16.5 Å². The van der Waals surface area contributed by atoms with Crippen LogP contribution in [0.1, 0.15) is 46.5 Å². The molecule has 1 fully saturated rings. The Morgan fingerprint density at radius 1 is 0.615 bits per heavy atom. The van der Waals surface area contributed by atoms with Crippen LogP contribution in [0.2, 0.25) is 50.4 Å². The standard InChI is InChI=1S/C17H40NO4Si4/c1-9-14-23(5)19-24(6,15-10-2)21-26(8,17-12-13-18-4)22-25(7,20-23)16-11-3/h4H,9-17H2,1-3,5-8H3/q+1. The van der Waals surface area contributed by atoms with E-state index in [2.05, 4.69) is 51.8 Å². The summed E-state index contributed by atoms with van der Waals surface area (Å²) in [6.07, 6.45) is 4.09. The molecule has 9 heteroatoms. The highest BCUT2D eigenvalue weighted by Crippen LogP contribution is 2.38. The lowest BCUT2D eigenvalue weighted by atomic mass is 10.5. The van der Waals surface area contributed by atoms with Gasteiger partial charge in [-0.1, -0.05) is 44.9 Å². The first-order valence-corrected chi connectivity index (χ1v) is 20.3. The van der Waals surface area contributed by atoms with Crippen LogP contribution in [-0.2, 0) is 16.5 Å². The second-order valence-corrected chi connectivity index (χ2v) is 22.5. The number of hydrogen-bond acceptors (Lipinski definition) is 4. The molecule has 0 bridgehead atoms. The van der Waals surface area contributed by atoms with Gasteiger partial charge in [0, 0.05) is 6.42 Å². The molecule has 0 spiro atoms. The molecule has 0 aromatic rings. The molecule has 0 aliphatic carbocycles. The first kappa shape index (κ1) is 24.2. The van der Waals surface area contributed by atoms with Crippen LogP contribution in [0.25, 0.3) is 4.85 Å². The van der Waals surface area contributed by atoms with E-state index >= 15 is 0 Å². The van der Waals surface area contributed by atoms with Gasteiger partial charge in [-0.05, 0) is 50.4 Å². The normalized spacial score (nSPS) is 38.4. The van der Waals surface area contributed by atoms with Gasteiger partial charge >= 0.3 is 34.2 Å². The molecule has 26 heavy (non-hydrogen) atoms. The second-order valence-electron chi connectivity index (χ2n) is 8.20. The molecule has 152 valence electrons. The molecule has 0 aromatic heterocycles. The molecule has 2 unspecified atom stereocenters. The van der Waals surface area contributed by atoms with E-state index in [0.717, 1.165) is 49.9 Å². The highest BCUT2D eigenvalue weighted by Gasteiger charge is 2.55. The van der Waals surface area contributed by atoms with Gasteiger partial charge in [-0.15, -0.1) is 0 Å². The van der Waals surface area contributed by atoms with Crippen molar-refractivity contribution in [1.82, 2.24) is 0 Å². The van der Waals surface area contributed by atoms with Gasteiger partial charge in [0.15, 0.2) is 0 Å². The van der Waals surface area contributed by atoms with Crippen molar-refractivity contribution in [1.29, 1.82) is 0 Å². The summed E-state index contributed by atoms with van der Waals surface area (Å²) in [4.78, 5) is 3.76. The molecule has 1 aliphatic heterocycles. The predicted octanol–water partition coefficient (Wildman–Crippen LogP) is 5.94. The third-order valence-electron chi connectivity index (χ3n) is 4.76. The van der Waals surface area contributed by atoms with E-state index in [1.165, 1.54) is 0 Å². The summed E-state index contributed by atoms with van der Waals surface area (Å²) < 4.78 is 27.5. The lowest BCUT2D eigenvalue weighted by molar-refractivity contribution is 0.221. The summed E-state index contributed by atoms with van der Waals surface area (Å²) >= 11 is 0. The van der Waals surface area contributed by atoms with Crippen molar-refractivity contribution in [2.75, 3.05) is 6.54 Å². The maximum absolute atomic E-state index is 6.88. The number of nitrogens with zero attached hydrogens (tertiary/aromatic N) is 1. The van der Waals surface area contributed by atoms with Gasteiger partial charge in [0.2, 0.25) is 0 Å². The van der Waals surface area contributed by atoms with E-state index in [1.807, 2.05) is 0 Å². The maximum atomic E-state index is 6.88. The van der Waals surface area contributed by atoms with Gasteiger partial charge in [-0.25, -0.2) is 0 Å².